The van der Waals surface area contributed by atoms with Gasteiger partial charge in [-0.15, -0.1) is 10.2 Å². The molecular formula is C13H17N3OS2. The molecule has 2 rings (SSSR count). The van der Waals surface area contributed by atoms with E-state index in [0.717, 1.165) is 34.1 Å². The summed E-state index contributed by atoms with van der Waals surface area (Å²) in [6.07, 6.45) is 0. The van der Waals surface area contributed by atoms with E-state index < -0.39 is 0 Å². The fraction of sp³-hybridized carbons (Fsp3) is 0.385. The maximum absolute atomic E-state index is 5.29. The molecule has 2 aromatic rings. The highest BCUT2D eigenvalue weighted by Gasteiger charge is 2.04. The van der Waals surface area contributed by atoms with E-state index in [1.54, 1.807) is 23.1 Å². The van der Waals surface area contributed by atoms with Gasteiger partial charge >= 0.3 is 0 Å². The van der Waals surface area contributed by atoms with Crippen LogP contribution in [-0.4, -0.2) is 29.2 Å². The standard InChI is InChI=1S/C13H17N3OS2/c1-3-17-8-9-18-13-16-15-12(19-13)14-11-6-4-10(2)5-7-11/h4-7H,3,8-9H2,1-2H3,(H,14,15). The van der Waals surface area contributed by atoms with Crippen molar-refractivity contribution < 1.29 is 4.74 Å². The number of thioether (sulfide) groups is 1. The molecule has 1 aromatic heterocycles. The van der Waals surface area contributed by atoms with Gasteiger partial charge in [0.2, 0.25) is 5.13 Å². The minimum atomic E-state index is 0.751. The molecule has 1 heterocycles. The Bertz CT molecular complexity index is 499. The van der Waals surface area contributed by atoms with Crippen LogP contribution in [0.1, 0.15) is 12.5 Å². The quantitative estimate of drug-likeness (QED) is 0.623. The normalized spacial score (nSPS) is 10.6. The third kappa shape index (κ3) is 4.81. The molecule has 0 unspecified atom stereocenters. The molecule has 0 aliphatic heterocycles. The lowest BCUT2D eigenvalue weighted by Gasteiger charge is -2.01. The van der Waals surface area contributed by atoms with Crippen LogP contribution in [0.5, 0.6) is 0 Å². The molecule has 0 atom stereocenters. The number of nitrogens with zero attached hydrogens (tertiary/aromatic N) is 2. The minimum absolute atomic E-state index is 0.751. The summed E-state index contributed by atoms with van der Waals surface area (Å²) in [5.41, 5.74) is 2.28. The van der Waals surface area contributed by atoms with Crippen LogP contribution in [0.25, 0.3) is 0 Å². The molecular weight excluding hydrogens is 278 g/mol. The lowest BCUT2D eigenvalue weighted by Crippen LogP contribution is -1.95. The number of aryl methyl sites for hydroxylation is 1. The molecule has 0 bridgehead atoms. The van der Waals surface area contributed by atoms with Crippen molar-refractivity contribution >= 4 is 33.9 Å². The van der Waals surface area contributed by atoms with Crippen molar-refractivity contribution in [3.8, 4) is 0 Å². The maximum atomic E-state index is 5.29. The second-order valence-corrected chi connectivity index (χ2v) is 6.23. The number of ether oxygens (including phenoxy) is 1. The van der Waals surface area contributed by atoms with Gasteiger partial charge in [-0.3, -0.25) is 0 Å². The fourth-order valence-corrected chi connectivity index (χ4v) is 3.11. The van der Waals surface area contributed by atoms with E-state index in [2.05, 4.69) is 34.6 Å². The number of aromatic nitrogens is 2. The molecule has 19 heavy (non-hydrogen) atoms. The highest BCUT2D eigenvalue weighted by molar-refractivity contribution is 8.01. The molecule has 0 aliphatic carbocycles. The van der Waals surface area contributed by atoms with Gasteiger partial charge in [0.1, 0.15) is 0 Å². The lowest BCUT2D eigenvalue weighted by atomic mass is 10.2. The summed E-state index contributed by atoms with van der Waals surface area (Å²) in [4.78, 5) is 0. The average molecular weight is 295 g/mol. The van der Waals surface area contributed by atoms with Gasteiger partial charge in [0.05, 0.1) is 6.61 Å². The van der Waals surface area contributed by atoms with E-state index in [4.69, 9.17) is 4.74 Å². The summed E-state index contributed by atoms with van der Waals surface area (Å²) in [6, 6.07) is 8.22. The molecule has 102 valence electrons. The molecule has 0 spiro atoms. The molecule has 1 aromatic carbocycles. The van der Waals surface area contributed by atoms with Crippen LogP contribution in [-0.2, 0) is 4.74 Å². The summed E-state index contributed by atoms with van der Waals surface area (Å²) in [6.45, 7) is 5.58. The van der Waals surface area contributed by atoms with Crippen LogP contribution in [0.3, 0.4) is 0 Å². The third-order valence-electron chi connectivity index (χ3n) is 2.37. The Kier molecular flexibility index (Phi) is 5.62. The van der Waals surface area contributed by atoms with Crippen molar-refractivity contribution in [2.24, 2.45) is 0 Å². The highest BCUT2D eigenvalue weighted by Crippen LogP contribution is 2.27. The molecule has 0 aliphatic rings. The maximum Gasteiger partial charge on any atom is 0.210 e. The van der Waals surface area contributed by atoms with Crippen molar-refractivity contribution in [3.63, 3.8) is 0 Å². The summed E-state index contributed by atoms with van der Waals surface area (Å²) in [5, 5.41) is 12.3. The lowest BCUT2D eigenvalue weighted by molar-refractivity contribution is 0.164. The molecule has 0 amide bonds. The van der Waals surface area contributed by atoms with Crippen LogP contribution >= 0.6 is 23.1 Å². The predicted octanol–water partition coefficient (Wildman–Crippen LogP) is 3.72. The SMILES string of the molecule is CCOCCSc1nnc(Nc2ccc(C)cc2)s1. The Balaban J connectivity index is 1.85. The number of nitrogens with one attached hydrogen (secondary N) is 1. The Morgan fingerprint density at radius 1 is 1.26 bits per heavy atom. The summed E-state index contributed by atoms with van der Waals surface area (Å²) in [5.74, 6) is 0.910. The zero-order valence-electron chi connectivity index (χ0n) is 11.0. The summed E-state index contributed by atoms with van der Waals surface area (Å²) in [7, 11) is 0. The highest BCUT2D eigenvalue weighted by atomic mass is 32.2. The van der Waals surface area contributed by atoms with Crippen LogP contribution in [0.2, 0.25) is 0 Å². The van der Waals surface area contributed by atoms with E-state index in [9.17, 15) is 0 Å². The number of benzene rings is 1. The number of hydrogen-bond donors (Lipinski definition) is 1. The zero-order chi connectivity index (χ0) is 13.5. The van der Waals surface area contributed by atoms with Gasteiger partial charge in [0.25, 0.3) is 0 Å². The van der Waals surface area contributed by atoms with Crippen molar-refractivity contribution in [3.05, 3.63) is 29.8 Å². The van der Waals surface area contributed by atoms with E-state index in [-0.39, 0.29) is 0 Å². The van der Waals surface area contributed by atoms with Gasteiger partial charge in [-0.25, -0.2) is 0 Å². The topological polar surface area (TPSA) is 47.0 Å². The minimum Gasteiger partial charge on any atom is -0.381 e. The number of anilines is 2. The molecule has 0 saturated heterocycles. The Labute approximate surface area is 121 Å². The van der Waals surface area contributed by atoms with Crippen LogP contribution in [0.15, 0.2) is 28.6 Å². The first-order chi connectivity index (χ1) is 9.28. The first-order valence-electron chi connectivity index (χ1n) is 6.15. The van der Waals surface area contributed by atoms with Crippen molar-refractivity contribution in [1.82, 2.24) is 10.2 Å². The van der Waals surface area contributed by atoms with E-state index in [1.165, 1.54) is 5.56 Å². The van der Waals surface area contributed by atoms with Gasteiger partial charge in [0, 0.05) is 18.0 Å². The average Bonchev–Trinajstić information content (AvgIpc) is 2.85. The monoisotopic (exact) mass is 295 g/mol. The first kappa shape index (κ1) is 14.3. The molecule has 6 heteroatoms. The fourth-order valence-electron chi connectivity index (χ4n) is 1.41. The van der Waals surface area contributed by atoms with Crippen molar-refractivity contribution in [1.29, 1.82) is 0 Å². The Morgan fingerprint density at radius 3 is 2.79 bits per heavy atom. The number of rotatable bonds is 7. The van der Waals surface area contributed by atoms with Gasteiger partial charge in [-0.2, -0.15) is 0 Å². The smallest absolute Gasteiger partial charge is 0.210 e. The largest absolute Gasteiger partial charge is 0.381 e. The molecule has 4 nitrogen and oxygen atoms in total. The predicted molar refractivity (Wildman–Crippen MR) is 81.6 cm³/mol. The molecule has 0 saturated carbocycles. The van der Waals surface area contributed by atoms with Crippen LogP contribution in [0, 0.1) is 6.92 Å². The van der Waals surface area contributed by atoms with E-state index in [1.807, 2.05) is 19.1 Å². The van der Waals surface area contributed by atoms with Gasteiger partial charge in [-0.1, -0.05) is 40.8 Å². The van der Waals surface area contributed by atoms with Gasteiger partial charge in [0.15, 0.2) is 4.34 Å². The first-order valence-corrected chi connectivity index (χ1v) is 7.96. The number of hydrogen-bond acceptors (Lipinski definition) is 6. The van der Waals surface area contributed by atoms with Crippen LogP contribution < -0.4 is 5.32 Å². The summed E-state index contributed by atoms with van der Waals surface area (Å²) >= 11 is 3.24. The van der Waals surface area contributed by atoms with Crippen molar-refractivity contribution in [2.45, 2.75) is 18.2 Å². The van der Waals surface area contributed by atoms with Gasteiger partial charge < -0.3 is 10.1 Å². The van der Waals surface area contributed by atoms with Gasteiger partial charge in [-0.05, 0) is 26.0 Å². The van der Waals surface area contributed by atoms with E-state index in [0.29, 0.717) is 0 Å². The zero-order valence-corrected chi connectivity index (χ0v) is 12.7. The molecule has 0 fully saturated rings. The Hall–Kier alpha value is -1.11. The third-order valence-corrected chi connectivity index (χ3v) is 4.30. The second kappa shape index (κ2) is 7.47. The molecule has 1 N–H and O–H groups in total. The van der Waals surface area contributed by atoms with E-state index >= 15 is 0 Å². The molecule has 0 radical (unpaired) electrons. The van der Waals surface area contributed by atoms with Crippen molar-refractivity contribution in [2.75, 3.05) is 24.3 Å². The summed E-state index contributed by atoms with van der Waals surface area (Å²) < 4.78 is 6.26. The Morgan fingerprint density at radius 2 is 2.05 bits per heavy atom. The van der Waals surface area contributed by atoms with Crippen LogP contribution in [0.4, 0.5) is 10.8 Å². The second-order valence-electron chi connectivity index (χ2n) is 3.91.